The summed E-state index contributed by atoms with van der Waals surface area (Å²) in [5.74, 6) is 2.48. The molecule has 1 spiro atoms. The van der Waals surface area contributed by atoms with E-state index in [0.717, 1.165) is 38.4 Å². The topological polar surface area (TPSA) is 81.4 Å². The number of fused-ring (bicyclic) bond motifs is 3. The quantitative estimate of drug-likeness (QED) is 0.413. The maximum atomic E-state index is 11.4. The van der Waals surface area contributed by atoms with E-state index in [-0.39, 0.29) is 29.0 Å². The molecule has 36 heavy (non-hydrogen) atoms. The van der Waals surface area contributed by atoms with Gasteiger partial charge >= 0.3 is 5.63 Å². The summed E-state index contributed by atoms with van der Waals surface area (Å²) in [5.41, 5.74) is 1.44. The Kier molecular flexibility index (Phi) is 7.21. The Morgan fingerprint density at radius 2 is 1.78 bits per heavy atom. The molecule has 9 atom stereocenters. The van der Waals surface area contributed by atoms with Crippen molar-refractivity contribution in [3.8, 4) is 0 Å². The van der Waals surface area contributed by atoms with Gasteiger partial charge in [-0.3, -0.25) is 0 Å². The van der Waals surface area contributed by atoms with Crippen LogP contribution in [0.4, 0.5) is 0 Å². The van der Waals surface area contributed by atoms with Crippen molar-refractivity contribution in [2.24, 2.45) is 28.6 Å². The van der Waals surface area contributed by atoms with Crippen molar-refractivity contribution in [2.75, 3.05) is 13.2 Å². The fourth-order valence-corrected chi connectivity index (χ4v) is 9.26. The second-order valence-corrected chi connectivity index (χ2v) is 12.4. The Morgan fingerprint density at radius 1 is 1.03 bits per heavy atom. The maximum absolute atomic E-state index is 11.4. The molecular formula is C30H46O6. The molecule has 1 aliphatic heterocycles. The number of epoxide rings is 1. The number of rotatable bonds is 5. The van der Waals surface area contributed by atoms with E-state index in [1.807, 2.05) is 26.8 Å². The number of hydrogen-bond donors (Lipinski definition) is 1. The molecule has 0 amide bonds. The molecule has 2 heterocycles. The molecule has 5 fully saturated rings. The van der Waals surface area contributed by atoms with Crippen LogP contribution < -0.4 is 5.63 Å². The second-order valence-electron chi connectivity index (χ2n) is 12.4. The van der Waals surface area contributed by atoms with Crippen LogP contribution in [-0.2, 0) is 14.2 Å². The zero-order valence-corrected chi connectivity index (χ0v) is 22.8. The Morgan fingerprint density at radius 3 is 2.44 bits per heavy atom. The van der Waals surface area contributed by atoms with E-state index < -0.39 is 0 Å². The van der Waals surface area contributed by atoms with Crippen LogP contribution in [0.2, 0.25) is 0 Å². The third-order valence-electron chi connectivity index (χ3n) is 11.0. The van der Waals surface area contributed by atoms with Crippen LogP contribution in [0.1, 0.15) is 97.5 Å². The molecule has 6 heteroatoms. The van der Waals surface area contributed by atoms with Gasteiger partial charge in [-0.25, -0.2) is 4.79 Å². The fourth-order valence-electron chi connectivity index (χ4n) is 9.26. The normalized spacial score (nSPS) is 44.5. The number of aliphatic hydroxyl groups excluding tert-OH is 1. The van der Waals surface area contributed by atoms with Crippen LogP contribution in [0.5, 0.6) is 0 Å². The minimum Gasteiger partial charge on any atom is -0.431 e. The monoisotopic (exact) mass is 502 g/mol. The van der Waals surface area contributed by atoms with Crippen molar-refractivity contribution in [2.45, 2.75) is 116 Å². The molecule has 6 nitrogen and oxygen atoms in total. The molecule has 0 bridgehead atoms. The number of ether oxygens (including phenoxy) is 3. The summed E-state index contributed by atoms with van der Waals surface area (Å²) in [4.78, 5) is 11.4. The highest BCUT2D eigenvalue weighted by Gasteiger charge is 2.80. The van der Waals surface area contributed by atoms with Crippen molar-refractivity contribution in [1.82, 2.24) is 0 Å². The number of aliphatic hydroxyl groups is 1. The molecule has 202 valence electrons. The predicted octanol–water partition coefficient (Wildman–Crippen LogP) is 5.66. The van der Waals surface area contributed by atoms with Crippen LogP contribution in [0.15, 0.2) is 27.6 Å². The van der Waals surface area contributed by atoms with Gasteiger partial charge in [0.2, 0.25) is 0 Å². The summed E-state index contributed by atoms with van der Waals surface area (Å²) in [6.07, 6.45) is 11.1. The lowest BCUT2D eigenvalue weighted by atomic mass is 9.44. The SMILES string of the molecule is CCOC(C)OCC.C[C@]12CC[C@H](O)C[C@H]1CC[C@@H]1[C@@H]2CC[C@]2(C)[C@@H](c3ccc(=O)oc3)C[C@H]3O[C@]132. The lowest BCUT2D eigenvalue weighted by molar-refractivity contribution is -0.139. The van der Waals surface area contributed by atoms with Gasteiger partial charge in [-0.05, 0) is 113 Å². The lowest BCUT2D eigenvalue weighted by Gasteiger charge is -2.61. The van der Waals surface area contributed by atoms with Crippen molar-refractivity contribution in [3.63, 3.8) is 0 Å². The molecule has 0 aromatic carbocycles. The molecular weight excluding hydrogens is 456 g/mol. The van der Waals surface area contributed by atoms with Crippen molar-refractivity contribution >= 4 is 0 Å². The van der Waals surface area contributed by atoms with Crippen molar-refractivity contribution in [1.29, 1.82) is 0 Å². The first-order valence-electron chi connectivity index (χ1n) is 14.4. The largest absolute Gasteiger partial charge is 0.431 e. The van der Waals surface area contributed by atoms with Crippen LogP contribution in [-0.4, -0.2) is 42.4 Å². The standard InChI is InChI=1S/C24H32O4.C6H14O2/c1-22-9-7-16(25)11-15(22)4-5-18-17(22)8-10-23(2)19(12-20-24(18,23)28-20)14-3-6-21(26)27-13-14;1-4-7-6(3)8-5-2/h3,6,13,15-20,25H,4-5,7-12H2,1-2H3;6H,4-5H2,1-3H3/t15-,16+,17+,18-,19-,20-,22+,23-,24-;/m1./s1. The molecule has 1 aromatic heterocycles. The van der Waals surface area contributed by atoms with E-state index in [9.17, 15) is 9.90 Å². The van der Waals surface area contributed by atoms with E-state index >= 15 is 0 Å². The smallest absolute Gasteiger partial charge is 0.335 e. The van der Waals surface area contributed by atoms with Gasteiger partial charge in [-0.15, -0.1) is 0 Å². The Labute approximate surface area is 216 Å². The van der Waals surface area contributed by atoms with E-state index in [2.05, 4.69) is 13.8 Å². The molecule has 0 unspecified atom stereocenters. The Bertz CT molecular complexity index is 950. The van der Waals surface area contributed by atoms with E-state index in [0.29, 0.717) is 29.3 Å². The fraction of sp³-hybridized carbons (Fsp3) is 0.833. The summed E-state index contributed by atoms with van der Waals surface area (Å²) in [6.45, 7) is 12.2. The zero-order chi connectivity index (χ0) is 25.7. The van der Waals surface area contributed by atoms with Gasteiger partial charge in [0.1, 0.15) is 5.60 Å². The van der Waals surface area contributed by atoms with Crippen molar-refractivity contribution < 1.29 is 23.7 Å². The minimum absolute atomic E-state index is 0.0285. The summed E-state index contributed by atoms with van der Waals surface area (Å²) in [6, 6.07) is 3.55. The van der Waals surface area contributed by atoms with Gasteiger partial charge in [0, 0.05) is 24.7 Å². The minimum atomic E-state index is -0.266. The van der Waals surface area contributed by atoms with Crippen molar-refractivity contribution in [3.05, 3.63) is 34.4 Å². The van der Waals surface area contributed by atoms with Gasteiger partial charge < -0.3 is 23.7 Å². The highest BCUT2D eigenvalue weighted by atomic mass is 16.7. The maximum Gasteiger partial charge on any atom is 0.335 e. The van der Waals surface area contributed by atoms with Crippen LogP contribution >= 0.6 is 0 Å². The van der Waals surface area contributed by atoms with Crippen LogP contribution in [0.3, 0.4) is 0 Å². The zero-order valence-electron chi connectivity index (χ0n) is 22.8. The molecule has 1 aromatic rings. The highest BCUT2D eigenvalue weighted by molar-refractivity contribution is 5.35. The van der Waals surface area contributed by atoms with E-state index in [1.165, 1.54) is 37.7 Å². The lowest BCUT2D eigenvalue weighted by Crippen LogP contribution is -2.58. The van der Waals surface area contributed by atoms with Gasteiger partial charge in [0.25, 0.3) is 0 Å². The molecule has 4 aliphatic carbocycles. The summed E-state index contributed by atoms with van der Waals surface area (Å²) >= 11 is 0. The number of hydrogen-bond acceptors (Lipinski definition) is 6. The third-order valence-corrected chi connectivity index (χ3v) is 11.0. The van der Waals surface area contributed by atoms with Gasteiger partial charge in [0.05, 0.1) is 18.5 Å². The second kappa shape index (κ2) is 9.83. The first-order chi connectivity index (χ1) is 17.2. The molecule has 1 N–H and O–H groups in total. The van der Waals surface area contributed by atoms with Crippen LogP contribution in [0.25, 0.3) is 0 Å². The predicted molar refractivity (Wildman–Crippen MR) is 138 cm³/mol. The Balaban J connectivity index is 0.000000292. The molecule has 0 radical (unpaired) electrons. The first-order valence-corrected chi connectivity index (χ1v) is 14.4. The molecule has 5 aliphatic rings. The highest BCUT2D eigenvalue weighted by Crippen LogP contribution is 2.77. The summed E-state index contributed by atoms with van der Waals surface area (Å²) < 4.78 is 21.9. The molecule has 4 saturated carbocycles. The molecule has 6 rings (SSSR count). The average molecular weight is 503 g/mol. The van der Waals surface area contributed by atoms with Crippen LogP contribution in [0, 0.1) is 28.6 Å². The van der Waals surface area contributed by atoms with Gasteiger partial charge in [-0.2, -0.15) is 0 Å². The summed E-state index contributed by atoms with van der Waals surface area (Å²) in [7, 11) is 0. The first kappa shape index (κ1) is 26.4. The average Bonchev–Trinajstić information content (AvgIpc) is 3.51. The van der Waals surface area contributed by atoms with Gasteiger partial charge in [-0.1, -0.05) is 13.8 Å². The third kappa shape index (κ3) is 4.11. The Hall–Kier alpha value is -1.21. The molecule has 1 saturated heterocycles. The van der Waals surface area contributed by atoms with Gasteiger partial charge in [0.15, 0.2) is 6.29 Å². The van der Waals surface area contributed by atoms with E-state index in [1.54, 1.807) is 12.3 Å². The summed E-state index contributed by atoms with van der Waals surface area (Å²) in [5, 5.41) is 10.2. The van der Waals surface area contributed by atoms with E-state index in [4.69, 9.17) is 18.6 Å².